The van der Waals surface area contributed by atoms with Crippen LogP contribution in [0.25, 0.3) is 11.0 Å². The summed E-state index contributed by atoms with van der Waals surface area (Å²) in [5.74, 6) is -0.644. The number of fused-ring (bicyclic) bond motifs is 1. The van der Waals surface area contributed by atoms with Crippen molar-refractivity contribution >= 4 is 17.0 Å². The van der Waals surface area contributed by atoms with Crippen molar-refractivity contribution in [2.45, 2.75) is 53.7 Å². The van der Waals surface area contributed by atoms with Crippen LogP contribution >= 0.6 is 0 Å². The number of hydrogen-bond acceptors (Lipinski definition) is 6. The molecule has 0 saturated carbocycles. The second-order valence-electron chi connectivity index (χ2n) is 7.87. The molecule has 0 radical (unpaired) electrons. The van der Waals surface area contributed by atoms with E-state index in [-0.39, 0.29) is 18.5 Å². The molecule has 1 atom stereocenters. The van der Waals surface area contributed by atoms with Crippen LogP contribution in [-0.2, 0) is 22.7 Å². The Morgan fingerprint density at radius 2 is 2.03 bits per heavy atom. The third kappa shape index (κ3) is 3.51. The van der Waals surface area contributed by atoms with E-state index in [2.05, 4.69) is 15.3 Å². The normalized spacial score (nSPS) is 12.9. The van der Waals surface area contributed by atoms with Crippen LogP contribution in [0.4, 0.5) is 0 Å². The molecule has 29 heavy (non-hydrogen) atoms. The van der Waals surface area contributed by atoms with Crippen molar-refractivity contribution < 1.29 is 14.6 Å². The molecule has 2 aromatic heterocycles. The zero-order valence-electron chi connectivity index (χ0n) is 17.9. The van der Waals surface area contributed by atoms with Gasteiger partial charge in [-0.05, 0) is 69.0 Å². The highest BCUT2D eigenvalue weighted by molar-refractivity contribution is 5.82. The molecule has 0 bridgehead atoms. The fraction of sp³-hybridized carbons (Fsp3) is 0.455. The number of pyridine rings is 1. The van der Waals surface area contributed by atoms with E-state index < -0.39 is 5.41 Å². The average Bonchev–Trinajstić information content (AvgIpc) is 3.14. The van der Waals surface area contributed by atoms with Crippen LogP contribution in [0.2, 0.25) is 0 Å². The molecule has 0 aliphatic rings. The molecule has 0 spiro atoms. The highest BCUT2D eigenvalue weighted by Crippen LogP contribution is 2.44. The number of carbonyl (C=O) groups is 1. The zero-order valence-corrected chi connectivity index (χ0v) is 17.9. The first-order valence-corrected chi connectivity index (χ1v) is 9.73. The summed E-state index contributed by atoms with van der Waals surface area (Å²) in [5, 5.41) is 18.3. The van der Waals surface area contributed by atoms with Crippen molar-refractivity contribution in [2.75, 3.05) is 7.11 Å². The second-order valence-corrected chi connectivity index (χ2v) is 7.87. The number of hydrogen-bond donors (Lipinski definition) is 1. The lowest BCUT2D eigenvalue weighted by Gasteiger charge is -2.33. The number of ether oxygens (including phenoxy) is 1. The van der Waals surface area contributed by atoms with Crippen molar-refractivity contribution in [2.24, 2.45) is 5.41 Å². The fourth-order valence-corrected chi connectivity index (χ4v) is 4.01. The van der Waals surface area contributed by atoms with Gasteiger partial charge < -0.3 is 9.84 Å². The summed E-state index contributed by atoms with van der Waals surface area (Å²) in [6.45, 7) is 10.2. The van der Waals surface area contributed by atoms with Gasteiger partial charge in [0, 0.05) is 24.4 Å². The van der Waals surface area contributed by atoms with Crippen molar-refractivity contribution in [3.8, 4) is 0 Å². The quantitative estimate of drug-likeness (QED) is 0.643. The minimum Gasteiger partial charge on any atom is -0.469 e. The van der Waals surface area contributed by atoms with Gasteiger partial charge in [-0.25, -0.2) is 4.68 Å². The molecular weight excluding hydrogens is 368 g/mol. The minimum atomic E-state index is -0.863. The average molecular weight is 396 g/mol. The van der Waals surface area contributed by atoms with Gasteiger partial charge in [0.25, 0.3) is 0 Å². The molecule has 1 N–H and O–H groups in total. The topological polar surface area (TPSA) is 90.1 Å². The lowest BCUT2D eigenvalue weighted by atomic mass is 9.70. The van der Waals surface area contributed by atoms with Crippen molar-refractivity contribution in [1.82, 2.24) is 20.0 Å². The molecule has 0 aliphatic heterocycles. The molecule has 0 aliphatic carbocycles. The molecule has 3 rings (SSSR count). The van der Waals surface area contributed by atoms with E-state index >= 15 is 0 Å². The Labute approximate surface area is 170 Å². The third-order valence-corrected chi connectivity index (χ3v) is 5.74. The zero-order chi connectivity index (χ0) is 21.3. The maximum absolute atomic E-state index is 12.7. The van der Waals surface area contributed by atoms with Gasteiger partial charge in [-0.3, -0.25) is 9.78 Å². The Balaban J connectivity index is 2.28. The van der Waals surface area contributed by atoms with Gasteiger partial charge in [0.05, 0.1) is 24.6 Å². The minimum absolute atomic E-state index is 0.110. The van der Waals surface area contributed by atoms with Crippen molar-refractivity contribution in [1.29, 1.82) is 0 Å². The summed E-state index contributed by atoms with van der Waals surface area (Å²) in [5.41, 5.74) is 5.20. The maximum Gasteiger partial charge on any atom is 0.312 e. The monoisotopic (exact) mass is 396 g/mol. The van der Waals surface area contributed by atoms with Crippen LogP contribution < -0.4 is 0 Å². The summed E-state index contributed by atoms with van der Waals surface area (Å²) in [7, 11) is 1.40. The summed E-state index contributed by atoms with van der Waals surface area (Å²) in [6.07, 6.45) is 1.77. The van der Waals surface area contributed by atoms with E-state index in [4.69, 9.17) is 4.74 Å². The van der Waals surface area contributed by atoms with E-state index in [9.17, 15) is 9.90 Å². The number of methoxy groups -OCH3 is 1. The van der Waals surface area contributed by atoms with E-state index in [0.717, 1.165) is 45.5 Å². The number of aromatic nitrogens is 4. The Kier molecular flexibility index (Phi) is 5.71. The van der Waals surface area contributed by atoms with E-state index in [0.29, 0.717) is 0 Å². The number of aliphatic hydroxyl groups excluding tert-OH is 1. The van der Waals surface area contributed by atoms with Crippen LogP contribution in [0.5, 0.6) is 0 Å². The van der Waals surface area contributed by atoms with Crippen molar-refractivity contribution in [3.63, 3.8) is 0 Å². The maximum atomic E-state index is 12.7. The third-order valence-electron chi connectivity index (χ3n) is 5.74. The SMILES string of the molecule is CCn1nnc2c(C)c(C(c3cnc(C)c(CO)c3)C(C)(C)C(=O)OC)ccc21. The molecule has 7 heteroatoms. The van der Waals surface area contributed by atoms with Gasteiger partial charge >= 0.3 is 5.97 Å². The Morgan fingerprint density at radius 1 is 1.31 bits per heavy atom. The number of rotatable bonds is 6. The molecule has 154 valence electrons. The lowest BCUT2D eigenvalue weighted by molar-refractivity contribution is -0.151. The number of carbonyl (C=O) groups excluding carboxylic acids is 1. The van der Waals surface area contributed by atoms with Crippen LogP contribution in [0, 0.1) is 19.3 Å². The summed E-state index contributed by atoms with van der Waals surface area (Å²) < 4.78 is 6.98. The lowest BCUT2D eigenvalue weighted by Crippen LogP contribution is -2.34. The van der Waals surface area contributed by atoms with Crippen LogP contribution in [-0.4, -0.2) is 38.2 Å². The first-order chi connectivity index (χ1) is 13.8. The highest BCUT2D eigenvalue weighted by Gasteiger charge is 2.41. The number of aryl methyl sites for hydroxylation is 3. The van der Waals surface area contributed by atoms with Gasteiger partial charge in [0.15, 0.2) is 0 Å². The van der Waals surface area contributed by atoms with Gasteiger partial charge in [-0.1, -0.05) is 11.3 Å². The van der Waals surface area contributed by atoms with E-state index in [1.54, 1.807) is 6.20 Å². The molecule has 0 fully saturated rings. The summed E-state index contributed by atoms with van der Waals surface area (Å²) in [4.78, 5) is 17.2. The summed E-state index contributed by atoms with van der Waals surface area (Å²) in [6, 6.07) is 5.95. The van der Waals surface area contributed by atoms with Gasteiger partial charge in [-0.15, -0.1) is 5.10 Å². The van der Waals surface area contributed by atoms with Gasteiger partial charge in [-0.2, -0.15) is 0 Å². The second kappa shape index (κ2) is 7.91. The Morgan fingerprint density at radius 3 is 2.66 bits per heavy atom. The van der Waals surface area contributed by atoms with E-state index in [1.807, 2.05) is 57.5 Å². The highest BCUT2D eigenvalue weighted by atomic mass is 16.5. The molecule has 2 heterocycles. The Bertz CT molecular complexity index is 1060. The predicted octanol–water partition coefficient (Wildman–Crippen LogP) is 3.29. The largest absolute Gasteiger partial charge is 0.469 e. The van der Waals surface area contributed by atoms with E-state index in [1.165, 1.54) is 7.11 Å². The standard InChI is InChI=1S/C22H28N4O3/c1-7-26-18-9-8-17(13(2)20(18)24-25-26)19(22(4,5)21(28)29-6)15-10-16(12-27)14(3)23-11-15/h8-11,19,27H,7,12H2,1-6H3. The fourth-order valence-electron chi connectivity index (χ4n) is 4.01. The van der Waals surface area contributed by atoms with Crippen LogP contribution in [0.3, 0.4) is 0 Å². The number of esters is 1. The molecular formula is C22H28N4O3. The molecule has 3 aromatic rings. The molecule has 0 saturated heterocycles. The molecule has 7 nitrogen and oxygen atoms in total. The first-order valence-electron chi connectivity index (χ1n) is 9.73. The van der Waals surface area contributed by atoms with Gasteiger partial charge in [0.2, 0.25) is 0 Å². The summed E-state index contributed by atoms with van der Waals surface area (Å²) >= 11 is 0. The van der Waals surface area contributed by atoms with Crippen molar-refractivity contribution in [3.05, 3.63) is 52.3 Å². The molecule has 0 amide bonds. The van der Waals surface area contributed by atoms with Gasteiger partial charge in [0.1, 0.15) is 5.52 Å². The number of aliphatic hydroxyl groups is 1. The number of nitrogens with zero attached hydrogens (tertiary/aromatic N) is 4. The smallest absolute Gasteiger partial charge is 0.312 e. The van der Waals surface area contributed by atoms with Crippen LogP contribution in [0.1, 0.15) is 54.6 Å². The predicted molar refractivity (Wildman–Crippen MR) is 110 cm³/mol. The molecule has 1 aromatic carbocycles. The molecule has 1 unspecified atom stereocenters. The van der Waals surface area contributed by atoms with Crippen LogP contribution in [0.15, 0.2) is 24.4 Å². The first kappa shape index (κ1) is 20.9. The number of benzene rings is 1. The Hall–Kier alpha value is -2.80.